The zero-order valence-corrected chi connectivity index (χ0v) is 14.4. The summed E-state index contributed by atoms with van der Waals surface area (Å²) in [7, 11) is 0. The fraction of sp³-hybridized carbons (Fsp3) is 0.562. The van der Waals surface area contributed by atoms with Crippen LogP contribution < -0.4 is 5.32 Å². The van der Waals surface area contributed by atoms with Gasteiger partial charge in [-0.05, 0) is 37.7 Å². The first-order valence-electron chi connectivity index (χ1n) is 7.67. The fourth-order valence-electron chi connectivity index (χ4n) is 2.59. The molecule has 0 aromatic carbocycles. The van der Waals surface area contributed by atoms with E-state index in [1.807, 2.05) is 0 Å². The average molecular weight is 339 g/mol. The minimum Gasteiger partial charge on any atom is -0.462 e. The Hall–Kier alpha value is -1.89. The lowest BCUT2D eigenvalue weighted by molar-refractivity contribution is -0.144. The molecule has 0 aliphatic heterocycles. The van der Waals surface area contributed by atoms with Crippen molar-refractivity contribution in [2.24, 2.45) is 5.92 Å². The molecule has 1 N–H and O–H groups in total. The first-order valence-corrected chi connectivity index (χ1v) is 8.48. The molecule has 0 fully saturated rings. The van der Waals surface area contributed by atoms with Crippen molar-refractivity contribution in [1.82, 2.24) is 0 Å². The smallest absolute Gasteiger partial charge is 0.341 e. The maximum absolute atomic E-state index is 12.3. The molecule has 1 aromatic heterocycles. The SMILES string of the molecule is CCOC(=O)c1c(NC(=O)COC(C)=O)sc2c1CC[C@H](C)C2. The predicted molar refractivity (Wildman–Crippen MR) is 86.7 cm³/mol. The molecule has 6 nitrogen and oxygen atoms in total. The van der Waals surface area contributed by atoms with Gasteiger partial charge in [-0.3, -0.25) is 9.59 Å². The molecule has 0 saturated carbocycles. The van der Waals surface area contributed by atoms with Crippen molar-refractivity contribution in [1.29, 1.82) is 0 Å². The number of hydrogen-bond acceptors (Lipinski definition) is 6. The summed E-state index contributed by atoms with van der Waals surface area (Å²) in [6.45, 7) is 5.07. The molecule has 2 rings (SSSR count). The van der Waals surface area contributed by atoms with Gasteiger partial charge in [0.05, 0.1) is 12.2 Å². The van der Waals surface area contributed by atoms with Crippen LogP contribution in [0.3, 0.4) is 0 Å². The van der Waals surface area contributed by atoms with E-state index in [1.165, 1.54) is 18.3 Å². The van der Waals surface area contributed by atoms with Gasteiger partial charge in [0, 0.05) is 11.8 Å². The van der Waals surface area contributed by atoms with E-state index in [4.69, 9.17) is 4.74 Å². The Morgan fingerprint density at radius 2 is 2.04 bits per heavy atom. The molecule has 1 aliphatic rings. The molecular weight excluding hydrogens is 318 g/mol. The van der Waals surface area contributed by atoms with Crippen LogP contribution in [0.25, 0.3) is 0 Å². The summed E-state index contributed by atoms with van der Waals surface area (Å²) in [6.07, 6.45) is 2.71. The molecule has 1 amide bonds. The van der Waals surface area contributed by atoms with Crippen molar-refractivity contribution >= 4 is 34.2 Å². The van der Waals surface area contributed by atoms with E-state index in [0.29, 0.717) is 16.5 Å². The fourth-order valence-corrected chi connectivity index (χ4v) is 4.00. The van der Waals surface area contributed by atoms with Crippen LogP contribution in [0, 0.1) is 5.92 Å². The Bertz CT molecular complexity index is 622. The summed E-state index contributed by atoms with van der Waals surface area (Å²) >= 11 is 1.41. The number of carbonyl (C=O) groups excluding carboxylic acids is 3. The largest absolute Gasteiger partial charge is 0.462 e. The van der Waals surface area contributed by atoms with Crippen LogP contribution in [-0.2, 0) is 31.9 Å². The van der Waals surface area contributed by atoms with Crippen LogP contribution in [0.5, 0.6) is 0 Å². The Morgan fingerprint density at radius 1 is 1.30 bits per heavy atom. The molecule has 0 bridgehead atoms. The summed E-state index contributed by atoms with van der Waals surface area (Å²) in [5.74, 6) is -0.842. The Morgan fingerprint density at radius 3 is 2.70 bits per heavy atom. The highest BCUT2D eigenvalue weighted by Crippen LogP contribution is 2.40. The lowest BCUT2D eigenvalue weighted by atomic mass is 9.88. The van der Waals surface area contributed by atoms with E-state index in [2.05, 4.69) is 17.0 Å². The third-order valence-electron chi connectivity index (χ3n) is 3.65. The molecule has 23 heavy (non-hydrogen) atoms. The molecule has 1 heterocycles. The van der Waals surface area contributed by atoms with Gasteiger partial charge in [-0.15, -0.1) is 11.3 Å². The number of rotatable bonds is 5. The second kappa shape index (κ2) is 7.59. The minimum atomic E-state index is -0.523. The highest BCUT2D eigenvalue weighted by Gasteiger charge is 2.29. The van der Waals surface area contributed by atoms with Gasteiger partial charge in [0.1, 0.15) is 5.00 Å². The van der Waals surface area contributed by atoms with E-state index in [9.17, 15) is 14.4 Å². The van der Waals surface area contributed by atoms with Gasteiger partial charge >= 0.3 is 11.9 Å². The zero-order valence-electron chi connectivity index (χ0n) is 13.6. The van der Waals surface area contributed by atoms with Crippen molar-refractivity contribution in [3.63, 3.8) is 0 Å². The normalized spacial score (nSPS) is 16.4. The number of carbonyl (C=O) groups is 3. The van der Waals surface area contributed by atoms with Crippen molar-refractivity contribution in [2.45, 2.75) is 40.0 Å². The first-order chi connectivity index (χ1) is 10.9. The summed E-state index contributed by atoms with van der Waals surface area (Å²) in [4.78, 5) is 36.1. The number of nitrogens with one attached hydrogen (secondary N) is 1. The second-order valence-corrected chi connectivity index (χ2v) is 6.71. The number of fused-ring (bicyclic) bond motifs is 1. The summed E-state index contributed by atoms with van der Waals surface area (Å²) in [5.41, 5.74) is 1.43. The predicted octanol–water partition coefficient (Wildman–Crippen LogP) is 2.55. The first kappa shape index (κ1) is 17.5. The molecule has 1 atom stereocenters. The van der Waals surface area contributed by atoms with Gasteiger partial charge < -0.3 is 14.8 Å². The molecule has 1 aromatic rings. The van der Waals surface area contributed by atoms with Gasteiger partial charge in [-0.1, -0.05) is 6.92 Å². The van der Waals surface area contributed by atoms with Crippen molar-refractivity contribution in [2.75, 3.05) is 18.5 Å². The van der Waals surface area contributed by atoms with Crippen molar-refractivity contribution in [3.8, 4) is 0 Å². The summed E-state index contributed by atoms with van der Waals surface area (Å²) in [6, 6.07) is 0. The third kappa shape index (κ3) is 4.31. The second-order valence-electron chi connectivity index (χ2n) is 5.60. The molecule has 0 unspecified atom stereocenters. The summed E-state index contributed by atoms with van der Waals surface area (Å²) < 4.78 is 9.81. The Labute approximate surface area is 139 Å². The number of ether oxygens (including phenoxy) is 2. The minimum absolute atomic E-state index is 0.278. The van der Waals surface area contributed by atoms with Crippen molar-refractivity contribution in [3.05, 3.63) is 16.0 Å². The average Bonchev–Trinajstić information content (AvgIpc) is 2.82. The molecule has 0 radical (unpaired) electrons. The van der Waals surface area contributed by atoms with Crippen molar-refractivity contribution < 1.29 is 23.9 Å². The lowest BCUT2D eigenvalue weighted by Crippen LogP contribution is -2.21. The van der Waals surface area contributed by atoms with E-state index in [-0.39, 0.29) is 13.2 Å². The zero-order chi connectivity index (χ0) is 17.0. The van der Waals surface area contributed by atoms with Crippen LogP contribution in [0.15, 0.2) is 0 Å². The number of esters is 2. The molecular formula is C16H21NO5S. The van der Waals surface area contributed by atoms with Crippen LogP contribution in [0.4, 0.5) is 5.00 Å². The Kier molecular flexibility index (Phi) is 5.76. The lowest BCUT2D eigenvalue weighted by Gasteiger charge is -2.18. The quantitative estimate of drug-likeness (QED) is 0.834. The number of amides is 1. The van der Waals surface area contributed by atoms with Gasteiger partial charge in [-0.2, -0.15) is 0 Å². The van der Waals surface area contributed by atoms with E-state index in [1.54, 1.807) is 6.92 Å². The third-order valence-corrected chi connectivity index (χ3v) is 4.82. The molecule has 1 aliphatic carbocycles. The van der Waals surface area contributed by atoms with Crippen LogP contribution in [0.2, 0.25) is 0 Å². The molecule has 126 valence electrons. The van der Waals surface area contributed by atoms with Gasteiger partial charge in [-0.25, -0.2) is 4.79 Å². The number of anilines is 1. The molecule has 0 saturated heterocycles. The van der Waals surface area contributed by atoms with Gasteiger partial charge in [0.2, 0.25) is 0 Å². The standard InChI is InChI=1S/C16H21NO5S/c1-4-21-16(20)14-11-6-5-9(2)7-12(11)23-15(14)17-13(19)8-22-10(3)18/h9H,4-8H2,1-3H3,(H,17,19)/t9-/m0/s1. The maximum atomic E-state index is 12.3. The van der Waals surface area contributed by atoms with Crippen LogP contribution in [0.1, 0.15) is 48.0 Å². The van der Waals surface area contributed by atoms with Gasteiger partial charge in [0.15, 0.2) is 6.61 Å². The van der Waals surface area contributed by atoms with Gasteiger partial charge in [0.25, 0.3) is 5.91 Å². The maximum Gasteiger partial charge on any atom is 0.341 e. The van der Waals surface area contributed by atoms with Crippen LogP contribution in [-0.4, -0.2) is 31.1 Å². The topological polar surface area (TPSA) is 81.7 Å². The van der Waals surface area contributed by atoms with E-state index < -0.39 is 17.8 Å². The molecule has 7 heteroatoms. The number of hydrogen-bond donors (Lipinski definition) is 1. The highest BCUT2D eigenvalue weighted by atomic mass is 32.1. The highest BCUT2D eigenvalue weighted by molar-refractivity contribution is 7.17. The van der Waals surface area contributed by atoms with Crippen LogP contribution >= 0.6 is 11.3 Å². The van der Waals surface area contributed by atoms with E-state index in [0.717, 1.165) is 29.7 Å². The Balaban J connectivity index is 2.25. The number of thiophene rings is 1. The molecule has 0 spiro atoms. The van der Waals surface area contributed by atoms with E-state index >= 15 is 0 Å². The summed E-state index contributed by atoms with van der Waals surface area (Å²) in [5, 5.41) is 3.16. The monoisotopic (exact) mass is 339 g/mol.